The Morgan fingerprint density at radius 3 is 2.61 bits per heavy atom. The van der Waals surface area contributed by atoms with Gasteiger partial charge in [0.2, 0.25) is 0 Å². The van der Waals surface area contributed by atoms with E-state index in [0.29, 0.717) is 23.5 Å². The lowest BCUT2D eigenvalue weighted by Crippen LogP contribution is -2.05. The second kappa shape index (κ2) is 9.00. The third-order valence-corrected chi connectivity index (χ3v) is 4.72. The largest absolute Gasteiger partial charge is 0.203 e. The predicted octanol–water partition coefficient (Wildman–Crippen LogP) is 6.85. The van der Waals surface area contributed by atoms with Crippen molar-refractivity contribution >= 4 is 5.57 Å². The van der Waals surface area contributed by atoms with Gasteiger partial charge >= 0.3 is 0 Å². The molecule has 0 nitrogen and oxygen atoms in total. The molecule has 0 aromatic heterocycles. The van der Waals surface area contributed by atoms with Gasteiger partial charge in [0, 0.05) is 5.56 Å². The van der Waals surface area contributed by atoms with Crippen molar-refractivity contribution in [1.29, 1.82) is 0 Å². The molecule has 1 aromatic rings. The lowest BCUT2D eigenvalue weighted by molar-refractivity contribution is 0.491. The first kappa shape index (κ1) is 17.9. The molecular weight excluding hydrogens is 290 g/mol. The summed E-state index contributed by atoms with van der Waals surface area (Å²) in [5.74, 6) is -0.765. The lowest BCUT2D eigenvalue weighted by atomic mass is 9.86. The van der Waals surface area contributed by atoms with E-state index in [0.717, 1.165) is 50.5 Å². The highest BCUT2D eigenvalue weighted by Crippen LogP contribution is 2.33. The Kier molecular flexibility index (Phi) is 7.01. The summed E-state index contributed by atoms with van der Waals surface area (Å²) in [6, 6.07) is 3.55. The first-order valence-electron chi connectivity index (χ1n) is 8.96. The molecule has 1 unspecified atom stereocenters. The summed E-state index contributed by atoms with van der Waals surface area (Å²) in [6.07, 6.45) is 14.0. The van der Waals surface area contributed by atoms with Crippen LogP contribution in [0, 0.1) is 17.6 Å². The maximum atomic E-state index is 14.4. The number of aryl methyl sites for hydroxylation is 1. The van der Waals surface area contributed by atoms with Crippen molar-refractivity contribution in [3.05, 3.63) is 53.1 Å². The minimum Gasteiger partial charge on any atom is -0.203 e. The zero-order valence-corrected chi connectivity index (χ0v) is 14.4. The van der Waals surface area contributed by atoms with E-state index in [1.165, 1.54) is 0 Å². The van der Waals surface area contributed by atoms with Crippen LogP contribution in [0.15, 0.2) is 30.4 Å². The van der Waals surface area contributed by atoms with Gasteiger partial charge in [0.05, 0.1) is 0 Å². The Bertz CT molecular complexity index is 569. The van der Waals surface area contributed by atoms with E-state index in [4.69, 9.17) is 0 Å². The van der Waals surface area contributed by atoms with Crippen molar-refractivity contribution in [1.82, 2.24) is 0 Å². The molecule has 1 aliphatic carbocycles. The second-order valence-electron chi connectivity index (χ2n) is 6.50. The van der Waals surface area contributed by atoms with Crippen LogP contribution in [-0.2, 0) is 6.42 Å². The molecular formula is C21H28F2. The Morgan fingerprint density at radius 2 is 1.96 bits per heavy atom. The van der Waals surface area contributed by atoms with E-state index < -0.39 is 11.6 Å². The van der Waals surface area contributed by atoms with Crippen LogP contribution >= 0.6 is 0 Å². The van der Waals surface area contributed by atoms with Gasteiger partial charge in [0.25, 0.3) is 0 Å². The molecule has 126 valence electrons. The van der Waals surface area contributed by atoms with Crippen LogP contribution in [0.1, 0.15) is 69.9 Å². The standard InChI is InChI=1S/C21H28F2/c1-3-5-6-7-9-18-14-15-19(21(23)20(18)22)17-12-10-16(8-4-2)11-13-17/h4,8,12,14-16H,3,5-7,9-11,13H2,1-2H3/b8-4+. The monoisotopic (exact) mass is 318 g/mol. The molecule has 0 radical (unpaired) electrons. The molecule has 0 spiro atoms. The highest BCUT2D eigenvalue weighted by atomic mass is 19.2. The molecule has 1 aromatic carbocycles. The number of hydrogen-bond acceptors (Lipinski definition) is 0. The van der Waals surface area contributed by atoms with Crippen molar-refractivity contribution in [3.63, 3.8) is 0 Å². The number of hydrogen-bond donors (Lipinski definition) is 0. The van der Waals surface area contributed by atoms with E-state index in [1.54, 1.807) is 12.1 Å². The van der Waals surface area contributed by atoms with Crippen molar-refractivity contribution in [3.8, 4) is 0 Å². The van der Waals surface area contributed by atoms with Gasteiger partial charge in [0.15, 0.2) is 11.6 Å². The van der Waals surface area contributed by atoms with Gasteiger partial charge in [-0.25, -0.2) is 8.78 Å². The number of allylic oxidation sites excluding steroid dienone is 4. The first-order chi connectivity index (χ1) is 11.2. The van der Waals surface area contributed by atoms with Crippen molar-refractivity contribution in [2.75, 3.05) is 0 Å². The van der Waals surface area contributed by atoms with Crippen LogP contribution in [0.3, 0.4) is 0 Å². The van der Waals surface area contributed by atoms with E-state index in [9.17, 15) is 8.78 Å². The van der Waals surface area contributed by atoms with Gasteiger partial charge in [-0.05, 0) is 56.1 Å². The number of rotatable bonds is 7. The molecule has 1 aliphatic rings. The van der Waals surface area contributed by atoms with Crippen LogP contribution in [0.2, 0.25) is 0 Å². The van der Waals surface area contributed by atoms with Gasteiger partial charge in [-0.15, -0.1) is 0 Å². The Balaban J connectivity index is 2.08. The Hall–Kier alpha value is -1.44. The van der Waals surface area contributed by atoms with E-state index >= 15 is 0 Å². The topological polar surface area (TPSA) is 0 Å². The fraction of sp³-hybridized carbons (Fsp3) is 0.524. The van der Waals surface area contributed by atoms with Crippen LogP contribution in [0.4, 0.5) is 8.78 Å². The average Bonchev–Trinajstić information content (AvgIpc) is 2.57. The molecule has 1 atom stereocenters. The summed E-state index contributed by atoms with van der Waals surface area (Å²) in [7, 11) is 0. The molecule has 2 rings (SSSR count). The van der Waals surface area contributed by atoms with Crippen LogP contribution < -0.4 is 0 Å². The highest BCUT2D eigenvalue weighted by molar-refractivity contribution is 5.67. The van der Waals surface area contributed by atoms with E-state index in [2.05, 4.69) is 25.2 Å². The van der Waals surface area contributed by atoms with E-state index in [-0.39, 0.29) is 0 Å². The molecule has 23 heavy (non-hydrogen) atoms. The van der Waals surface area contributed by atoms with Crippen molar-refractivity contribution in [2.24, 2.45) is 5.92 Å². The predicted molar refractivity (Wildman–Crippen MR) is 94.3 cm³/mol. The zero-order chi connectivity index (χ0) is 16.7. The molecule has 0 N–H and O–H groups in total. The third kappa shape index (κ3) is 4.76. The summed E-state index contributed by atoms with van der Waals surface area (Å²) in [6.45, 7) is 4.17. The van der Waals surface area contributed by atoms with E-state index in [1.807, 2.05) is 6.92 Å². The molecule has 0 saturated carbocycles. The molecule has 0 fully saturated rings. The van der Waals surface area contributed by atoms with Crippen LogP contribution in [0.5, 0.6) is 0 Å². The third-order valence-electron chi connectivity index (χ3n) is 4.72. The maximum Gasteiger partial charge on any atom is 0.166 e. The smallest absolute Gasteiger partial charge is 0.166 e. The van der Waals surface area contributed by atoms with Gasteiger partial charge in [0.1, 0.15) is 0 Å². The highest BCUT2D eigenvalue weighted by Gasteiger charge is 2.19. The zero-order valence-electron chi connectivity index (χ0n) is 14.4. The van der Waals surface area contributed by atoms with Crippen molar-refractivity contribution < 1.29 is 8.78 Å². The quantitative estimate of drug-likeness (QED) is 0.381. The van der Waals surface area contributed by atoms with Gasteiger partial charge in [-0.3, -0.25) is 0 Å². The SMILES string of the molecule is C/C=C/C1CC=C(c2ccc(CCCCCC)c(F)c2F)CC1. The summed E-state index contributed by atoms with van der Waals surface area (Å²) in [5, 5.41) is 0. The number of unbranched alkanes of at least 4 members (excludes halogenated alkanes) is 3. The normalized spacial score (nSPS) is 18.4. The number of benzene rings is 1. The summed E-state index contributed by atoms with van der Waals surface area (Å²) >= 11 is 0. The van der Waals surface area contributed by atoms with Crippen LogP contribution in [0.25, 0.3) is 5.57 Å². The molecule has 0 saturated heterocycles. The molecule has 0 aliphatic heterocycles. The maximum absolute atomic E-state index is 14.4. The number of halogens is 2. The average molecular weight is 318 g/mol. The molecule has 0 amide bonds. The minimum atomic E-state index is -0.659. The summed E-state index contributed by atoms with van der Waals surface area (Å²) in [4.78, 5) is 0. The summed E-state index contributed by atoms with van der Waals surface area (Å²) < 4.78 is 28.7. The van der Waals surface area contributed by atoms with Gasteiger partial charge < -0.3 is 0 Å². The lowest BCUT2D eigenvalue weighted by Gasteiger charge is -2.20. The molecule has 0 bridgehead atoms. The Labute approximate surface area is 139 Å². The summed E-state index contributed by atoms with van der Waals surface area (Å²) in [5.41, 5.74) is 1.93. The van der Waals surface area contributed by atoms with Gasteiger partial charge in [-0.1, -0.05) is 56.5 Å². The fourth-order valence-corrected chi connectivity index (χ4v) is 3.32. The first-order valence-corrected chi connectivity index (χ1v) is 8.96. The van der Waals surface area contributed by atoms with Crippen LogP contribution in [-0.4, -0.2) is 0 Å². The second-order valence-corrected chi connectivity index (χ2v) is 6.50. The Morgan fingerprint density at radius 1 is 1.13 bits per heavy atom. The minimum absolute atomic E-state index is 0.457. The van der Waals surface area contributed by atoms with Gasteiger partial charge in [-0.2, -0.15) is 0 Å². The van der Waals surface area contributed by atoms with Crippen molar-refractivity contribution in [2.45, 2.75) is 65.2 Å². The molecule has 0 heterocycles. The molecule has 2 heteroatoms. The fourth-order valence-electron chi connectivity index (χ4n) is 3.32.